The van der Waals surface area contributed by atoms with Gasteiger partial charge in [0.2, 0.25) is 0 Å². The number of fused-ring (bicyclic) bond motifs is 1. The van der Waals surface area contributed by atoms with Crippen molar-refractivity contribution in [1.82, 2.24) is 9.78 Å². The van der Waals surface area contributed by atoms with Gasteiger partial charge in [-0.05, 0) is 43.9 Å². The van der Waals surface area contributed by atoms with Gasteiger partial charge in [0.15, 0.2) is 0 Å². The maximum Gasteiger partial charge on any atom is 0.133 e. The van der Waals surface area contributed by atoms with Gasteiger partial charge in [-0.3, -0.25) is 0 Å². The van der Waals surface area contributed by atoms with E-state index in [1.807, 2.05) is 11.7 Å². The number of hydrogen-bond donors (Lipinski definition) is 1. The molecule has 3 rings (SSSR count). The number of nitrogens with one attached hydrogen (secondary N) is 1. The van der Waals surface area contributed by atoms with E-state index in [4.69, 9.17) is 5.10 Å². The molecule has 0 spiro atoms. The van der Waals surface area contributed by atoms with Gasteiger partial charge in [-0.15, -0.1) is 0 Å². The monoisotopic (exact) mass is 227 g/mol. The third kappa shape index (κ3) is 1.62. The molecule has 0 fully saturated rings. The second kappa shape index (κ2) is 3.91. The summed E-state index contributed by atoms with van der Waals surface area (Å²) in [6.07, 6.45) is 3.50. The zero-order valence-corrected chi connectivity index (χ0v) is 10.3. The highest BCUT2D eigenvalue weighted by atomic mass is 15.3. The van der Waals surface area contributed by atoms with Crippen LogP contribution in [0.15, 0.2) is 24.3 Å². The summed E-state index contributed by atoms with van der Waals surface area (Å²) in [5.74, 6) is 1.16. The highest BCUT2D eigenvalue weighted by Crippen LogP contribution is 2.30. The van der Waals surface area contributed by atoms with Crippen LogP contribution in [-0.4, -0.2) is 16.8 Å². The lowest BCUT2D eigenvalue weighted by Gasteiger charge is -2.09. The number of rotatable bonds is 2. The first-order chi connectivity index (χ1) is 8.29. The van der Waals surface area contributed by atoms with Gasteiger partial charge in [-0.2, -0.15) is 5.10 Å². The van der Waals surface area contributed by atoms with Gasteiger partial charge in [0.1, 0.15) is 5.82 Å². The molecule has 88 valence electrons. The molecule has 0 amide bonds. The zero-order valence-electron chi connectivity index (χ0n) is 10.3. The minimum atomic E-state index is 1.11. The maximum absolute atomic E-state index is 4.73. The molecule has 3 heteroatoms. The van der Waals surface area contributed by atoms with Crippen molar-refractivity contribution in [3.8, 4) is 5.69 Å². The van der Waals surface area contributed by atoms with Crippen LogP contribution in [0, 0.1) is 6.92 Å². The maximum atomic E-state index is 4.73. The standard InChI is InChI=1S/C14H17N3/c1-10-5-3-6-11(9-10)17-14(15-2)12-7-4-8-13(12)16-17/h3,5-6,9,15H,4,7-8H2,1-2H3. The summed E-state index contributed by atoms with van der Waals surface area (Å²) in [6, 6.07) is 8.47. The second-order valence-corrected chi connectivity index (χ2v) is 4.63. The van der Waals surface area contributed by atoms with Crippen LogP contribution in [0.25, 0.3) is 5.69 Å². The van der Waals surface area contributed by atoms with Crippen LogP contribution >= 0.6 is 0 Å². The van der Waals surface area contributed by atoms with Crippen molar-refractivity contribution in [3.63, 3.8) is 0 Å². The predicted molar refractivity (Wildman–Crippen MR) is 69.9 cm³/mol. The Morgan fingerprint density at radius 3 is 2.94 bits per heavy atom. The Kier molecular flexibility index (Phi) is 2.39. The van der Waals surface area contributed by atoms with Crippen LogP contribution in [0.5, 0.6) is 0 Å². The first-order valence-corrected chi connectivity index (χ1v) is 6.15. The molecule has 1 heterocycles. The molecule has 1 aromatic carbocycles. The zero-order chi connectivity index (χ0) is 11.8. The van der Waals surface area contributed by atoms with Crippen LogP contribution in [0.3, 0.4) is 0 Å². The summed E-state index contributed by atoms with van der Waals surface area (Å²) in [7, 11) is 1.97. The molecule has 0 atom stereocenters. The molecule has 0 saturated carbocycles. The predicted octanol–water partition coefficient (Wildman–Crippen LogP) is 2.71. The highest BCUT2D eigenvalue weighted by molar-refractivity contribution is 5.55. The minimum absolute atomic E-state index is 1.11. The first kappa shape index (κ1) is 10.4. The summed E-state index contributed by atoms with van der Waals surface area (Å²) in [4.78, 5) is 0. The van der Waals surface area contributed by atoms with Crippen molar-refractivity contribution in [1.29, 1.82) is 0 Å². The molecule has 1 aliphatic rings. The van der Waals surface area contributed by atoms with Crippen molar-refractivity contribution in [2.45, 2.75) is 26.2 Å². The van der Waals surface area contributed by atoms with E-state index in [1.165, 1.54) is 23.2 Å². The summed E-state index contributed by atoms with van der Waals surface area (Å²) < 4.78 is 2.04. The average Bonchev–Trinajstić information content (AvgIpc) is 2.88. The van der Waals surface area contributed by atoms with Crippen LogP contribution in [0.1, 0.15) is 23.2 Å². The van der Waals surface area contributed by atoms with Crippen LogP contribution in [-0.2, 0) is 12.8 Å². The Morgan fingerprint density at radius 1 is 1.29 bits per heavy atom. The lowest BCUT2D eigenvalue weighted by Crippen LogP contribution is -2.04. The average molecular weight is 227 g/mol. The largest absolute Gasteiger partial charge is 0.373 e. The SMILES string of the molecule is CNc1c2c(nn1-c1cccc(C)c1)CCC2. The normalized spacial score (nSPS) is 13.8. The van der Waals surface area contributed by atoms with Gasteiger partial charge in [0.25, 0.3) is 0 Å². The molecule has 17 heavy (non-hydrogen) atoms. The Labute approximate surface area is 101 Å². The number of aromatic nitrogens is 2. The fourth-order valence-electron chi connectivity index (χ4n) is 2.60. The van der Waals surface area contributed by atoms with E-state index in [1.54, 1.807) is 0 Å². The van der Waals surface area contributed by atoms with Gasteiger partial charge in [-0.25, -0.2) is 4.68 Å². The quantitative estimate of drug-likeness (QED) is 0.855. The van der Waals surface area contributed by atoms with Gasteiger partial charge < -0.3 is 5.32 Å². The van der Waals surface area contributed by atoms with E-state index in [0.29, 0.717) is 0 Å². The van der Waals surface area contributed by atoms with Crippen LogP contribution < -0.4 is 5.32 Å². The van der Waals surface area contributed by atoms with Crippen molar-refractivity contribution in [2.75, 3.05) is 12.4 Å². The molecule has 2 aromatic rings. The van der Waals surface area contributed by atoms with E-state index in [9.17, 15) is 0 Å². The van der Waals surface area contributed by atoms with Crippen LogP contribution in [0.2, 0.25) is 0 Å². The van der Waals surface area contributed by atoms with E-state index >= 15 is 0 Å². The molecular weight excluding hydrogens is 210 g/mol. The number of anilines is 1. The highest BCUT2D eigenvalue weighted by Gasteiger charge is 2.21. The number of benzene rings is 1. The van der Waals surface area contributed by atoms with Gasteiger partial charge in [-0.1, -0.05) is 12.1 Å². The van der Waals surface area contributed by atoms with E-state index in [2.05, 4.69) is 36.5 Å². The fourth-order valence-corrected chi connectivity index (χ4v) is 2.60. The fraction of sp³-hybridized carbons (Fsp3) is 0.357. The number of hydrogen-bond acceptors (Lipinski definition) is 2. The Hall–Kier alpha value is -1.77. The summed E-state index contributed by atoms with van der Waals surface area (Å²) >= 11 is 0. The lowest BCUT2D eigenvalue weighted by atomic mass is 10.2. The van der Waals surface area contributed by atoms with Crippen molar-refractivity contribution >= 4 is 5.82 Å². The molecular formula is C14H17N3. The molecule has 1 aliphatic carbocycles. The van der Waals surface area contributed by atoms with Gasteiger partial charge in [0.05, 0.1) is 11.4 Å². The molecule has 0 aliphatic heterocycles. The number of aryl methyl sites for hydroxylation is 2. The Bertz CT molecular complexity index is 555. The molecule has 0 bridgehead atoms. The van der Waals surface area contributed by atoms with E-state index in [0.717, 1.165) is 24.3 Å². The Morgan fingerprint density at radius 2 is 2.18 bits per heavy atom. The summed E-state index contributed by atoms with van der Waals surface area (Å²) in [6.45, 7) is 2.11. The molecule has 0 radical (unpaired) electrons. The van der Waals surface area contributed by atoms with Crippen LogP contribution in [0.4, 0.5) is 5.82 Å². The van der Waals surface area contributed by atoms with Crippen molar-refractivity contribution in [3.05, 3.63) is 41.1 Å². The topological polar surface area (TPSA) is 29.9 Å². The molecule has 3 nitrogen and oxygen atoms in total. The van der Waals surface area contributed by atoms with Crippen molar-refractivity contribution < 1.29 is 0 Å². The molecule has 0 unspecified atom stereocenters. The Balaban J connectivity index is 2.15. The molecule has 0 saturated heterocycles. The molecule has 1 N–H and O–H groups in total. The smallest absolute Gasteiger partial charge is 0.133 e. The number of nitrogens with zero attached hydrogens (tertiary/aromatic N) is 2. The summed E-state index contributed by atoms with van der Waals surface area (Å²) in [5.41, 5.74) is 5.06. The molecule has 1 aromatic heterocycles. The minimum Gasteiger partial charge on any atom is -0.373 e. The third-order valence-corrected chi connectivity index (χ3v) is 3.39. The summed E-state index contributed by atoms with van der Waals surface area (Å²) in [5, 5.41) is 8.02. The van der Waals surface area contributed by atoms with Gasteiger partial charge in [0, 0.05) is 12.6 Å². The van der Waals surface area contributed by atoms with E-state index < -0.39 is 0 Å². The van der Waals surface area contributed by atoms with E-state index in [-0.39, 0.29) is 0 Å². The second-order valence-electron chi connectivity index (χ2n) is 4.63. The van der Waals surface area contributed by atoms with Gasteiger partial charge >= 0.3 is 0 Å². The third-order valence-electron chi connectivity index (χ3n) is 3.39. The lowest BCUT2D eigenvalue weighted by molar-refractivity contribution is 0.805. The van der Waals surface area contributed by atoms with Crippen molar-refractivity contribution in [2.24, 2.45) is 0 Å². The first-order valence-electron chi connectivity index (χ1n) is 6.15.